The molecule has 2 aromatic rings. The van der Waals surface area contributed by atoms with Crippen molar-refractivity contribution in [2.45, 2.75) is 6.92 Å². The Hall–Kier alpha value is -1.88. The zero-order valence-electron chi connectivity index (χ0n) is 9.88. The molecule has 0 heterocycles. The molecule has 2 aromatic carbocycles. The molecule has 0 saturated heterocycles. The van der Waals surface area contributed by atoms with Crippen molar-refractivity contribution in [2.24, 2.45) is 0 Å². The smallest absolute Gasteiger partial charge is 0.264 e. The second-order valence-corrected chi connectivity index (χ2v) is 5.91. The number of benzene rings is 2. The van der Waals surface area contributed by atoms with Gasteiger partial charge in [-0.1, -0.05) is 30.3 Å². The highest BCUT2D eigenvalue weighted by Gasteiger charge is 2.13. The molecular formula is C13H13NO3S. The molecule has 0 bridgehead atoms. The fraction of sp³-hybridized carbons (Fsp3) is 0.154. The van der Waals surface area contributed by atoms with Crippen LogP contribution in [0.4, 0.5) is 0 Å². The van der Waals surface area contributed by atoms with E-state index in [2.05, 4.69) is 0 Å². The van der Waals surface area contributed by atoms with Gasteiger partial charge in [0.1, 0.15) is 0 Å². The van der Waals surface area contributed by atoms with E-state index in [1.807, 2.05) is 29.0 Å². The van der Waals surface area contributed by atoms with Crippen LogP contribution in [0.5, 0.6) is 0 Å². The van der Waals surface area contributed by atoms with Gasteiger partial charge >= 0.3 is 0 Å². The molecule has 1 amide bonds. The molecule has 0 unspecified atom stereocenters. The van der Waals surface area contributed by atoms with Crippen LogP contribution in [-0.2, 0) is 10.0 Å². The first-order chi connectivity index (χ1) is 8.52. The molecule has 0 aliphatic rings. The maximum absolute atomic E-state index is 11.8. The van der Waals surface area contributed by atoms with Crippen molar-refractivity contribution < 1.29 is 13.2 Å². The number of sulfonamides is 1. The largest absolute Gasteiger partial charge is 0.268 e. The van der Waals surface area contributed by atoms with E-state index in [0.717, 1.165) is 10.8 Å². The van der Waals surface area contributed by atoms with Crippen LogP contribution < -0.4 is 4.72 Å². The van der Waals surface area contributed by atoms with Crippen LogP contribution in [0.3, 0.4) is 0 Å². The van der Waals surface area contributed by atoms with Crippen molar-refractivity contribution in [3.63, 3.8) is 0 Å². The van der Waals surface area contributed by atoms with Crippen LogP contribution in [0.15, 0.2) is 42.5 Å². The highest BCUT2D eigenvalue weighted by molar-refractivity contribution is 7.90. The maximum atomic E-state index is 11.8. The first kappa shape index (κ1) is 12.6. The summed E-state index contributed by atoms with van der Waals surface area (Å²) in [6, 6.07) is 12.7. The Morgan fingerprint density at radius 1 is 1.11 bits per heavy atom. The highest BCUT2D eigenvalue weighted by Crippen LogP contribution is 2.15. The molecule has 0 atom stereocenters. The summed E-state index contributed by atoms with van der Waals surface area (Å²) < 4.78 is 24.6. The van der Waals surface area contributed by atoms with Crippen molar-refractivity contribution in [3.05, 3.63) is 48.0 Å². The molecule has 94 valence electrons. The Bertz CT molecular complexity index is 692. The molecule has 18 heavy (non-hydrogen) atoms. The van der Waals surface area contributed by atoms with Crippen LogP contribution >= 0.6 is 0 Å². The molecule has 0 spiro atoms. The summed E-state index contributed by atoms with van der Waals surface area (Å²) in [5, 5.41) is 1.91. The van der Waals surface area contributed by atoms with E-state index in [1.165, 1.54) is 6.92 Å². The Morgan fingerprint density at radius 3 is 2.44 bits per heavy atom. The molecule has 5 heteroatoms. The van der Waals surface area contributed by atoms with E-state index in [-0.39, 0.29) is 5.75 Å². The zero-order chi connectivity index (χ0) is 13.2. The van der Waals surface area contributed by atoms with Gasteiger partial charge in [0.15, 0.2) is 0 Å². The summed E-state index contributed by atoms with van der Waals surface area (Å²) in [6.45, 7) is 1.48. The first-order valence-electron chi connectivity index (χ1n) is 5.55. The number of hydrogen-bond donors (Lipinski definition) is 1. The molecule has 0 saturated carbocycles. The van der Waals surface area contributed by atoms with Gasteiger partial charge in [-0.3, -0.25) is 4.79 Å². The summed E-state index contributed by atoms with van der Waals surface area (Å²) >= 11 is 0. The summed E-state index contributed by atoms with van der Waals surface area (Å²) in [6.07, 6.45) is 0. The van der Waals surface area contributed by atoms with Gasteiger partial charge < -0.3 is 0 Å². The molecule has 0 aromatic heterocycles. The minimum Gasteiger partial charge on any atom is -0.268 e. The van der Waals surface area contributed by atoms with Gasteiger partial charge in [0.05, 0.1) is 5.75 Å². The number of hydrogen-bond acceptors (Lipinski definition) is 3. The van der Waals surface area contributed by atoms with Gasteiger partial charge in [0.25, 0.3) is 5.91 Å². The first-order valence-corrected chi connectivity index (χ1v) is 7.21. The monoisotopic (exact) mass is 263 g/mol. The summed E-state index contributed by atoms with van der Waals surface area (Å²) in [4.78, 5) is 11.8. The van der Waals surface area contributed by atoms with Crippen molar-refractivity contribution in [1.82, 2.24) is 4.72 Å². The lowest BCUT2D eigenvalue weighted by atomic mass is 10.1. The summed E-state index contributed by atoms with van der Waals surface area (Å²) in [5.74, 6) is -0.714. The molecule has 0 aliphatic heterocycles. The lowest BCUT2D eigenvalue weighted by molar-refractivity contribution is 0.0981. The minimum absolute atomic E-state index is 0.119. The fourth-order valence-electron chi connectivity index (χ4n) is 1.60. The van der Waals surface area contributed by atoms with E-state index < -0.39 is 15.9 Å². The van der Waals surface area contributed by atoms with Crippen molar-refractivity contribution in [2.75, 3.05) is 5.75 Å². The topological polar surface area (TPSA) is 63.2 Å². The SMILES string of the molecule is CCS(=O)(=O)NC(=O)c1ccc2ccccc2c1. The van der Waals surface area contributed by atoms with Crippen LogP contribution in [-0.4, -0.2) is 20.1 Å². The molecular weight excluding hydrogens is 250 g/mol. The predicted octanol–water partition coefficient (Wildman–Crippen LogP) is 1.92. The molecule has 0 radical (unpaired) electrons. The zero-order valence-corrected chi connectivity index (χ0v) is 10.7. The van der Waals surface area contributed by atoms with E-state index in [9.17, 15) is 13.2 Å². The van der Waals surface area contributed by atoms with Gasteiger partial charge in [-0.05, 0) is 29.8 Å². The second-order valence-electron chi connectivity index (χ2n) is 3.90. The third-order valence-electron chi connectivity index (χ3n) is 2.64. The minimum atomic E-state index is -3.52. The Balaban J connectivity index is 2.34. The third-order valence-corrected chi connectivity index (χ3v) is 3.90. The number of fused-ring (bicyclic) bond motifs is 1. The Labute approximate surface area is 106 Å². The van der Waals surface area contributed by atoms with Gasteiger partial charge in [-0.25, -0.2) is 13.1 Å². The molecule has 1 N–H and O–H groups in total. The molecule has 0 aliphatic carbocycles. The third kappa shape index (κ3) is 2.68. The Kier molecular flexibility index (Phi) is 3.34. The van der Waals surface area contributed by atoms with Crippen LogP contribution in [0.2, 0.25) is 0 Å². The van der Waals surface area contributed by atoms with E-state index in [1.54, 1.807) is 18.2 Å². The maximum Gasteiger partial charge on any atom is 0.264 e. The quantitative estimate of drug-likeness (QED) is 0.920. The fourth-order valence-corrected chi connectivity index (χ4v) is 2.15. The predicted molar refractivity (Wildman–Crippen MR) is 70.9 cm³/mol. The van der Waals surface area contributed by atoms with Gasteiger partial charge in [0.2, 0.25) is 10.0 Å². The average molecular weight is 263 g/mol. The number of nitrogens with one attached hydrogen (secondary N) is 1. The molecule has 0 fully saturated rings. The van der Waals surface area contributed by atoms with Gasteiger partial charge in [0, 0.05) is 5.56 Å². The number of carbonyl (C=O) groups excluding carboxylic acids is 1. The van der Waals surface area contributed by atoms with Crippen LogP contribution in [0.25, 0.3) is 10.8 Å². The van der Waals surface area contributed by atoms with E-state index in [4.69, 9.17) is 0 Å². The number of amides is 1. The number of carbonyl (C=O) groups is 1. The highest BCUT2D eigenvalue weighted by atomic mass is 32.2. The van der Waals surface area contributed by atoms with Crippen molar-refractivity contribution in [3.8, 4) is 0 Å². The van der Waals surface area contributed by atoms with E-state index in [0.29, 0.717) is 5.56 Å². The summed E-state index contributed by atoms with van der Waals surface area (Å²) in [7, 11) is -3.52. The Morgan fingerprint density at radius 2 is 1.78 bits per heavy atom. The van der Waals surface area contributed by atoms with Gasteiger partial charge in [-0.15, -0.1) is 0 Å². The summed E-state index contributed by atoms with van der Waals surface area (Å²) in [5.41, 5.74) is 0.339. The second kappa shape index (κ2) is 4.78. The molecule has 4 nitrogen and oxygen atoms in total. The molecule has 2 rings (SSSR count). The van der Waals surface area contributed by atoms with Crippen molar-refractivity contribution >= 4 is 26.7 Å². The lowest BCUT2D eigenvalue weighted by Gasteiger charge is -2.05. The van der Waals surface area contributed by atoms with E-state index >= 15 is 0 Å². The standard InChI is InChI=1S/C13H13NO3S/c1-2-18(16,17)14-13(15)12-8-7-10-5-3-4-6-11(10)9-12/h3-9H,2H2,1H3,(H,14,15). The normalized spacial score (nSPS) is 11.4. The average Bonchev–Trinajstić information content (AvgIpc) is 2.37. The van der Waals surface area contributed by atoms with Crippen molar-refractivity contribution in [1.29, 1.82) is 0 Å². The van der Waals surface area contributed by atoms with Gasteiger partial charge in [-0.2, -0.15) is 0 Å². The van der Waals surface area contributed by atoms with Crippen LogP contribution in [0, 0.1) is 0 Å². The van der Waals surface area contributed by atoms with Crippen LogP contribution in [0.1, 0.15) is 17.3 Å². The lowest BCUT2D eigenvalue weighted by Crippen LogP contribution is -2.31. The number of rotatable bonds is 3.